The Morgan fingerprint density at radius 3 is 2.55 bits per heavy atom. The van der Waals surface area contributed by atoms with Crippen molar-refractivity contribution in [3.05, 3.63) is 23.3 Å². The van der Waals surface area contributed by atoms with E-state index in [9.17, 15) is 0 Å². The molecular formula is C9H14ClPd. The monoisotopic (exact) mass is 263 g/mol. The van der Waals surface area contributed by atoms with E-state index in [4.69, 9.17) is 11.6 Å². The summed E-state index contributed by atoms with van der Waals surface area (Å²) in [5.41, 5.74) is 0. The van der Waals surface area contributed by atoms with Crippen LogP contribution in [0, 0.1) is 0 Å². The molecule has 67 valence electrons. The minimum atomic E-state index is 1.03. The first kappa shape index (κ1) is 11.4. The maximum absolute atomic E-state index is 5.82. The van der Waals surface area contributed by atoms with Crippen LogP contribution in [0.3, 0.4) is 0 Å². The van der Waals surface area contributed by atoms with Crippen LogP contribution < -0.4 is 0 Å². The van der Waals surface area contributed by atoms with Crippen molar-refractivity contribution in [3.63, 3.8) is 0 Å². The van der Waals surface area contributed by atoms with Crippen molar-refractivity contribution in [2.45, 2.75) is 31.1 Å². The molecule has 0 spiro atoms. The van der Waals surface area contributed by atoms with Gasteiger partial charge in [-0.1, -0.05) is 29.8 Å². The van der Waals surface area contributed by atoms with E-state index >= 15 is 0 Å². The van der Waals surface area contributed by atoms with Gasteiger partial charge in [-0.3, -0.25) is 0 Å². The van der Waals surface area contributed by atoms with Gasteiger partial charge in [-0.25, -0.2) is 0 Å². The van der Waals surface area contributed by atoms with Crippen LogP contribution >= 0.6 is 11.6 Å². The van der Waals surface area contributed by atoms with E-state index in [1.807, 2.05) is 5.40 Å². The molecule has 0 aromatic carbocycles. The Morgan fingerprint density at radius 2 is 1.82 bits per heavy atom. The first-order valence-corrected chi connectivity index (χ1v) is 5.64. The summed E-state index contributed by atoms with van der Waals surface area (Å²) in [7, 11) is 0. The Bertz CT molecular complexity index is 138. The average Bonchev–Trinajstić information content (AvgIpc) is 2.01. The van der Waals surface area contributed by atoms with Gasteiger partial charge in [0.25, 0.3) is 0 Å². The minimum absolute atomic E-state index is 1.03. The Morgan fingerprint density at radius 1 is 1.18 bits per heavy atom. The SMILES string of the molecule is Cl/C1=C/CC/C=C\CC1.[CH3][Pd]. The molecule has 0 bridgehead atoms. The molecule has 0 nitrogen and oxygen atoms in total. The fraction of sp³-hybridized carbons (Fsp3) is 0.556. The summed E-state index contributed by atoms with van der Waals surface area (Å²) in [5.74, 6) is 0. The first-order valence-electron chi connectivity index (χ1n) is 3.71. The topological polar surface area (TPSA) is 0 Å². The molecule has 11 heavy (non-hydrogen) atoms. The van der Waals surface area contributed by atoms with Gasteiger partial charge in [0.2, 0.25) is 0 Å². The first-order chi connectivity index (χ1) is 5.39. The van der Waals surface area contributed by atoms with Crippen molar-refractivity contribution in [2.75, 3.05) is 0 Å². The molecule has 0 amide bonds. The number of halogens is 1. The van der Waals surface area contributed by atoms with Gasteiger partial charge in [0.05, 0.1) is 0 Å². The molecule has 0 heterocycles. The average molecular weight is 264 g/mol. The summed E-state index contributed by atoms with van der Waals surface area (Å²) in [6.45, 7) is 0. The van der Waals surface area contributed by atoms with Crippen LogP contribution in [0.5, 0.6) is 0 Å². The second-order valence-corrected chi connectivity index (χ2v) is 2.72. The van der Waals surface area contributed by atoms with E-state index < -0.39 is 0 Å². The van der Waals surface area contributed by atoms with Crippen molar-refractivity contribution in [1.82, 2.24) is 0 Å². The molecular weight excluding hydrogens is 250 g/mol. The zero-order valence-electron chi connectivity index (χ0n) is 6.75. The fourth-order valence-electron chi connectivity index (χ4n) is 0.895. The van der Waals surface area contributed by atoms with Crippen LogP contribution in [-0.4, -0.2) is 0 Å². The van der Waals surface area contributed by atoms with Crippen LogP contribution in [-0.2, 0) is 19.2 Å². The summed E-state index contributed by atoms with van der Waals surface area (Å²) < 4.78 is 0. The van der Waals surface area contributed by atoms with E-state index in [0.29, 0.717) is 0 Å². The number of hydrogen-bond acceptors (Lipinski definition) is 0. The van der Waals surface area contributed by atoms with Gasteiger partial charge in [0.1, 0.15) is 0 Å². The zero-order valence-corrected chi connectivity index (χ0v) is 9.07. The van der Waals surface area contributed by atoms with Crippen LogP contribution in [0.25, 0.3) is 0 Å². The van der Waals surface area contributed by atoms with Crippen molar-refractivity contribution in [3.8, 4) is 0 Å². The van der Waals surface area contributed by atoms with E-state index in [1.165, 1.54) is 0 Å². The summed E-state index contributed by atoms with van der Waals surface area (Å²) in [6.07, 6.45) is 10.9. The molecule has 1 aliphatic carbocycles. The van der Waals surface area contributed by atoms with Crippen LogP contribution in [0.4, 0.5) is 0 Å². The Hall–Kier alpha value is 0.432. The second kappa shape index (κ2) is 8.53. The summed E-state index contributed by atoms with van der Waals surface area (Å²) >= 11 is 8.57. The molecule has 0 atom stereocenters. The third-order valence-corrected chi connectivity index (χ3v) is 1.76. The van der Waals surface area contributed by atoms with Gasteiger partial charge in [-0.2, -0.15) is 0 Å². The fourth-order valence-corrected chi connectivity index (χ4v) is 1.11. The summed E-state index contributed by atoms with van der Waals surface area (Å²) in [6, 6.07) is 0. The van der Waals surface area contributed by atoms with Crippen molar-refractivity contribution in [1.29, 1.82) is 0 Å². The van der Waals surface area contributed by atoms with E-state index in [1.54, 1.807) is 0 Å². The third-order valence-electron chi connectivity index (χ3n) is 1.42. The van der Waals surface area contributed by atoms with Gasteiger partial charge < -0.3 is 0 Å². The number of allylic oxidation sites excluding steroid dienone is 4. The molecule has 1 rings (SSSR count). The van der Waals surface area contributed by atoms with Crippen LogP contribution in [0.15, 0.2) is 23.3 Å². The van der Waals surface area contributed by atoms with Crippen molar-refractivity contribution in [2.24, 2.45) is 0 Å². The molecule has 0 aliphatic heterocycles. The third kappa shape index (κ3) is 6.82. The quantitative estimate of drug-likeness (QED) is 0.461. The zero-order chi connectivity index (χ0) is 8.53. The maximum atomic E-state index is 5.82. The molecule has 0 N–H and O–H groups in total. The Kier molecular flexibility index (Phi) is 8.86. The predicted molar refractivity (Wildman–Crippen MR) is 47.4 cm³/mol. The van der Waals surface area contributed by atoms with Gasteiger partial charge in [0.15, 0.2) is 0 Å². The van der Waals surface area contributed by atoms with Crippen molar-refractivity contribution < 1.29 is 19.2 Å². The van der Waals surface area contributed by atoms with Crippen LogP contribution in [0.2, 0.25) is 5.40 Å². The molecule has 1 aliphatic rings. The number of hydrogen-bond donors (Lipinski definition) is 0. The van der Waals surface area contributed by atoms with Gasteiger partial charge in [-0.15, -0.1) is 0 Å². The Labute approximate surface area is 85.1 Å². The van der Waals surface area contributed by atoms with Gasteiger partial charge in [0, 0.05) is 5.03 Å². The molecule has 0 saturated carbocycles. The van der Waals surface area contributed by atoms with E-state index in [2.05, 4.69) is 37.4 Å². The predicted octanol–water partition coefficient (Wildman–Crippen LogP) is 3.82. The molecule has 0 unspecified atom stereocenters. The molecule has 0 aromatic rings. The molecule has 0 aromatic heterocycles. The Balaban J connectivity index is 0.000000461. The van der Waals surface area contributed by atoms with Crippen LogP contribution in [0.1, 0.15) is 25.7 Å². The molecule has 0 fully saturated rings. The van der Waals surface area contributed by atoms with E-state index in [-0.39, 0.29) is 0 Å². The summed E-state index contributed by atoms with van der Waals surface area (Å²) in [4.78, 5) is 0. The van der Waals surface area contributed by atoms with Gasteiger partial charge in [-0.05, 0) is 25.7 Å². The normalized spacial score (nSPS) is 24.9. The second-order valence-electron chi connectivity index (χ2n) is 2.24. The molecule has 0 radical (unpaired) electrons. The van der Waals surface area contributed by atoms with E-state index in [0.717, 1.165) is 30.7 Å². The number of rotatable bonds is 0. The summed E-state index contributed by atoms with van der Waals surface area (Å²) in [5, 5.41) is 2.88. The molecule has 0 saturated heterocycles. The standard InChI is InChI=1S/C8H11Cl.CH3.Pd/c9-8-6-4-2-1-3-5-7-8;;/h1-2,7H,3-6H2;1H3;/b2-1-,8-7+;;. The van der Waals surface area contributed by atoms with Crippen molar-refractivity contribution >= 4 is 11.6 Å². The van der Waals surface area contributed by atoms with Gasteiger partial charge >= 0.3 is 24.6 Å². The molecule has 2 heteroatoms.